The average Bonchev–Trinajstić information content (AvgIpc) is 2.79. The van der Waals surface area contributed by atoms with E-state index in [0.717, 1.165) is 11.1 Å². The van der Waals surface area contributed by atoms with Gasteiger partial charge in [-0.2, -0.15) is 0 Å². The van der Waals surface area contributed by atoms with E-state index in [4.69, 9.17) is 14.2 Å². The molecule has 1 aliphatic rings. The number of rotatable bonds is 6. The minimum absolute atomic E-state index is 0.00269. The number of hydrogen-bond acceptors (Lipinski definition) is 5. The van der Waals surface area contributed by atoms with Crippen LogP contribution in [-0.2, 0) is 16.0 Å². The molecule has 0 saturated heterocycles. The van der Waals surface area contributed by atoms with Crippen molar-refractivity contribution in [3.05, 3.63) is 23.3 Å². The molecule has 21 heavy (non-hydrogen) atoms. The molecule has 116 valence electrons. The Labute approximate surface area is 124 Å². The third-order valence-electron chi connectivity index (χ3n) is 3.57. The lowest BCUT2D eigenvalue weighted by Gasteiger charge is -2.17. The Morgan fingerprint density at radius 2 is 2.00 bits per heavy atom. The van der Waals surface area contributed by atoms with Gasteiger partial charge in [0.1, 0.15) is 6.61 Å². The molecule has 6 nitrogen and oxygen atoms in total. The van der Waals surface area contributed by atoms with E-state index in [2.05, 4.69) is 5.32 Å². The lowest BCUT2D eigenvalue weighted by atomic mass is 10.1. The first-order chi connectivity index (χ1) is 10.1. The van der Waals surface area contributed by atoms with E-state index in [-0.39, 0.29) is 18.6 Å². The number of methoxy groups -OCH3 is 2. The van der Waals surface area contributed by atoms with Crippen molar-refractivity contribution < 1.29 is 24.1 Å². The molecule has 0 radical (unpaired) electrons. The van der Waals surface area contributed by atoms with Crippen molar-refractivity contribution in [2.75, 3.05) is 27.4 Å². The highest BCUT2D eigenvalue weighted by Crippen LogP contribution is 2.39. The molecule has 1 aromatic carbocycles. The molecule has 1 aromatic rings. The van der Waals surface area contributed by atoms with Crippen molar-refractivity contribution in [2.24, 2.45) is 0 Å². The zero-order valence-corrected chi connectivity index (χ0v) is 12.5. The van der Waals surface area contributed by atoms with Gasteiger partial charge >= 0.3 is 0 Å². The molecule has 2 rings (SSSR count). The quantitative estimate of drug-likeness (QED) is 0.812. The van der Waals surface area contributed by atoms with Gasteiger partial charge in [0, 0.05) is 6.61 Å². The first-order valence-electron chi connectivity index (χ1n) is 6.90. The fourth-order valence-electron chi connectivity index (χ4n) is 2.53. The van der Waals surface area contributed by atoms with Crippen molar-refractivity contribution in [3.63, 3.8) is 0 Å². The van der Waals surface area contributed by atoms with Gasteiger partial charge in [0.2, 0.25) is 5.91 Å². The summed E-state index contributed by atoms with van der Waals surface area (Å²) >= 11 is 0. The Morgan fingerprint density at radius 1 is 1.33 bits per heavy atom. The van der Waals surface area contributed by atoms with Crippen LogP contribution in [0.15, 0.2) is 12.1 Å². The van der Waals surface area contributed by atoms with Crippen molar-refractivity contribution >= 4 is 5.91 Å². The number of benzene rings is 1. The highest BCUT2D eigenvalue weighted by atomic mass is 16.5. The smallest absolute Gasteiger partial charge is 0.246 e. The van der Waals surface area contributed by atoms with E-state index in [9.17, 15) is 9.90 Å². The minimum atomic E-state index is -0.759. The molecule has 0 unspecified atom stereocenters. The molecule has 2 N–H and O–H groups in total. The van der Waals surface area contributed by atoms with E-state index < -0.39 is 6.10 Å². The number of amides is 1. The maximum absolute atomic E-state index is 11.7. The van der Waals surface area contributed by atoms with Crippen LogP contribution in [0.3, 0.4) is 0 Å². The summed E-state index contributed by atoms with van der Waals surface area (Å²) in [7, 11) is 3.11. The summed E-state index contributed by atoms with van der Waals surface area (Å²) in [6.45, 7) is 2.31. The number of fused-ring (bicyclic) bond motifs is 1. The van der Waals surface area contributed by atoms with Crippen LogP contribution in [0.5, 0.6) is 11.5 Å². The Morgan fingerprint density at radius 3 is 2.62 bits per heavy atom. The van der Waals surface area contributed by atoms with Crippen molar-refractivity contribution in [2.45, 2.75) is 25.5 Å². The summed E-state index contributed by atoms with van der Waals surface area (Å²) in [5.41, 5.74) is 1.70. The molecule has 0 bridgehead atoms. The first-order valence-corrected chi connectivity index (χ1v) is 6.90. The summed E-state index contributed by atoms with van der Waals surface area (Å²) in [6, 6.07) is 3.24. The van der Waals surface area contributed by atoms with Gasteiger partial charge in [0.05, 0.1) is 26.4 Å². The van der Waals surface area contributed by atoms with Crippen LogP contribution >= 0.6 is 0 Å². The predicted octanol–water partition coefficient (Wildman–Crippen LogP) is 0.815. The Hall–Kier alpha value is -1.79. The van der Waals surface area contributed by atoms with Gasteiger partial charge in [-0.25, -0.2) is 0 Å². The highest BCUT2D eigenvalue weighted by molar-refractivity contribution is 5.77. The fourth-order valence-corrected chi connectivity index (χ4v) is 2.53. The van der Waals surface area contributed by atoms with Gasteiger partial charge < -0.3 is 24.6 Å². The van der Waals surface area contributed by atoms with Crippen LogP contribution in [0, 0.1) is 0 Å². The van der Waals surface area contributed by atoms with Gasteiger partial charge in [-0.05, 0) is 36.6 Å². The van der Waals surface area contributed by atoms with Gasteiger partial charge in [0.25, 0.3) is 0 Å². The molecule has 0 aliphatic heterocycles. The second kappa shape index (κ2) is 6.78. The highest BCUT2D eigenvalue weighted by Gasteiger charge is 2.33. The normalized spacial score (nSPS) is 20.0. The Kier molecular flexibility index (Phi) is 5.03. The van der Waals surface area contributed by atoms with E-state index >= 15 is 0 Å². The van der Waals surface area contributed by atoms with Crippen LogP contribution in [0.25, 0.3) is 0 Å². The zero-order valence-electron chi connectivity index (χ0n) is 12.5. The number of nitrogens with one attached hydrogen (secondary N) is 1. The molecular weight excluding hydrogens is 274 g/mol. The number of hydrogen-bond donors (Lipinski definition) is 2. The second-order valence-corrected chi connectivity index (χ2v) is 4.87. The maximum Gasteiger partial charge on any atom is 0.246 e. The summed E-state index contributed by atoms with van der Waals surface area (Å²) in [5.74, 6) is 0.953. The summed E-state index contributed by atoms with van der Waals surface area (Å²) < 4.78 is 15.5. The van der Waals surface area contributed by atoms with Crippen LogP contribution < -0.4 is 14.8 Å². The molecule has 0 saturated carbocycles. The Bertz CT molecular complexity index is 517. The van der Waals surface area contributed by atoms with Crippen molar-refractivity contribution in [3.8, 4) is 11.5 Å². The summed E-state index contributed by atoms with van der Waals surface area (Å²) in [5, 5.41) is 13.1. The first kappa shape index (κ1) is 15.6. The van der Waals surface area contributed by atoms with E-state index in [1.807, 2.05) is 13.0 Å². The largest absolute Gasteiger partial charge is 0.493 e. The van der Waals surface area contributed by atoms with Crippen molar-refractivity contribution in [1.29, 1.82) is 0 Å². The monoisotopic (exact) mass is 295 g/mol. The molecule has 0 heterocycles. The van der Waals surface area contributed by atoms with Crippen LogP contribution in [0.2, 0.25) is 0 Å². The number of aliphatic hydroxyl groups excluding tert-OH is 1. The number of ether oxygens (including phenoxy) is 3. The van der Waals surface area contributed by atoms with Gasteiger partial charge in [-0.1, -0.05) is 0 Å². The molecule has 1 aliphatic carbocycles. The second-order valence-electron chi connectivity index (χ2n) is 4.87. The molecule has 1 amide bonds. The van der Waals surface area contributed by atoms with Gasteiger partial charge in [0.15, 0.2) is 11.5 Å². The predicted molar refractivity (Wildman–Crippen MR) is 76.6 cm³/mol. The molecule has 6 heteroatoms. The van der Waals surface area contributed by atoms with Gasteiger partial charge in [-0.3, -0.25) is 4.79 Å². The standard InChI is InChI=1S/C15H21NO5/c1-4-21-8-14(17)16-11-5-9-6-12(19-2)13(20-3)7-10(9)15(11)18/h6-7,11,15,18H,4-5,8H2,1-3H3,(H,16,17)/t11-,15-/m0/s1. The number of aliphatic hydroxyl groups is 1. The third kappa shape index (κ3) is 3.28. The topological polar surface area (TPSA) is 77.0 Å². The number of carbonyl (C=O) groups excluding carboxylic acids is 1. The van der Waals surface area contributed by atoms with E-state index in [1.54, 1.807) is 20.3 Å². The number of carbonyl (C=O) groups is 1. The lowest BCUT2D eigenvalue weighted by Crippen LogP contribution is -2.39. The average molecular weight is 295 g/mol. The zero-order chi connectivity index (χ0) is 15.4. The SMILES string of the molecule is CCOCC(=O)N[C@H]1Cc2cc(OC)c(OC)cc2[C@@H]1O. The molecule has 0 spiro atoms. The molecular formula is C15H21NO5. The van der Waals surface area contributed by atoms with Crippen LogP contribution in [-0.4, -0.2) is 44.5 Å². The summed E-state index contributed by atoms with van der Waals surface area (Å²) in [4.78, 5) is 11.7. The lowest BCUT2D eigenvalue weighted by molar-refractivity contribution is -0.127. The van der Waals surface area contributed by atoms with Crippen LogP contribution in [0.4, 0.5) is 0 Å². The van der Waals surface area contributed by atoms with Crippen LogP contribution in [0.1, 0.15) is 24.2 Å². The fraction of sp³-hybridized carbons (Fsp3) is 0.533. The van der Waals surface area contributed by atoms with E-state index in [0.29, 0.717) is 24.5 Å². The Balaban J connectivity index is 2.12. The molecule has 0 aromatic heterocycles. The summed E-state index contributed by atoms with van der Waals surface area (Å²) in [6.07, 6.45) is -0.209. The minimum Gasteiger partial charge on any atom is -0.493 e. The third-order valence-corrected chi connectivity index (χ3v) is 3.57. The molecule has 0 fully saturated rings. The van der Waals surface area contributed by atoms with Crippen molar-refractivity contribution in [1.82, 2.24) is 5.32 Å². The molecule has 2 atom stereocenters. The van der Waals surface area contributed by atoms with E-state index in [1.165, 1.54) is 0 Å². The van der Waals surface area contributed by atoms with Gasteiger partial charge in [-0.15, -0.1) is 0 Å². The maximum atomic E-state index is 11.7.